The molecule has 1 fully saturated rings. The van der Waals surface area contributed by atoms with Crippen LogP contribution in [-0.4, -0.2) is 52.7 Å². The van der Waals surface area contributed by atoms with E-state index in [-0.39, 0.29) is 35.0 Å². The van der Waals surface area contributed by atoms with E-state index < -0.39 is 17.6 Å². The first-order valence-corrected chi connectivity index (χ1v) is 14.2. The molecule has 0 unspecified atom stereocenters. The molecule has 1 aliphatic rings. The van der Waals surface area contributed by atoms with Gasteiger partial charge in [0.1, 0.15) is 11.3 Å². The van der Waals surface area contributed by atoms with Crippen molar-refractivity contribution in [3.05, 3.63) is 83.1 Å². The molecule has 2 N–H and O–H groups in total. The van der Waals surface area contributed by atoms with Crippen molar-refractivity contribution in [3.8, 4) is 11.6 Å². The number of nitrogens with zero attached hydrogens (tertiary/aromatic N) is 3. The average molecular weight is 598 g/mol. The fourth-order valence-corrected chi connectivity index (χ4v) is 4.68. The highest BCUT2D eigenvalue weighted by Crippen LogP contribution is 2.38. The van der Waals surface area contributed by atoms with E-state index >= 15 is 0 Å². The molecule has 8 nitrogen and oxygen atoms in total. The van der Waals surface area contributed by atoms with Crippen LogP contribution in [0.25, 0.3) is 0 Å². The van der Waals surface area contributed by atoms with E-state index in [0.29, 0.717) is 35.0 Å². The van der Waals surface area contributed by atoms with Crippen molar-refractivity contribution in [1.29, 1.82) is 0 Å². The summed E-state index contributed by atoms with van der Waals surface area (Å²) in [6.07, 6.45) is -0.496. The molecule has 3 aromatic rings. The van der Waals surface area contributed by atoms with Crippen LogP contribution in [-0.2, 0) is 12.6 Å². The largest absolute Gasteiger partial charge is 0.437 e. The Hall–Kier alpha value is -4.25. The third kappa shape index (κ3) is 8.63. The Kier molecular flexibility index (Phi) is 11.4. The molecule has 2 heterocycles. The number of halogens is 3. The van der Waals surface area contributed by atoms with Gasteiger partial charge in [0.05, 0.1) is 5.56 Å². The number of piperidine rings is 1. The van der Waals surface area contributed by atoms with Gasteiger partial charge in [0.2, 0.25) is 11.8 Å². The number of amides is 1. The standard InChI is InChI=1S/C30H32F3N5O3.C2H6/c1-5-7-20-8-6-9-25(26(20)19(3)39)41-28-23(30(31,32)33)17-34-29(37-28)36-24-11-10-21(16-18(24)2)27(40)35-22-12-14-38(4)15-13-22;1-2/h5-6,8-11,16-17,22H,1,7,12-15H2,2-4H3,(H,35,40)(H,34,36,37);1-2H3. The summed E-state index contributed by atoms with van der Waals surface area (Å²) in [4.78, 5) is 35.2. The second-order valence-electron chi connectivity index (χ2n) is 10.1. The molecule has 1 saturated heterocycles. The maximum atomic E-state index is 13.8. The summed E-state index contributed by atoms with van der Waals surface area (Å²) in [6, 6.07) is 9.76. The van der Waals surface area contributed by atoms with E-state index in [1.165, 1.54) is 13.0 Å². The second kappa shape index (κ2) is 14.8. The zero-order valence-corrected chi connectivity index (χ0v) is 25.1. The number of allylic oxidation sites excluding steroid dienone is 1. The van der Waals surface area contributed by atoms with Crippen molar-refractivity contribution in [1.82, 2.24) is 20.2 Å². The number of anilines is 2. The van der Waals surface area contributed by atoms with E-state index in [1.807, 2.05) is 20.9 Å². The molecule has 0 atom stereocenters. The zero-order chi connectivity index (χ0) is 31.7. The van der Waals surface area contributed by atoms with E-state index in [2.05, 4.69) is 32.1 Å². The van der Waals surface area contributed by atoms with Gasteiger partial charge in [-0.05, 0) is 88.6 Å². The summed E-state index contributed by atoms with van der Waals surface area (Å²) in [6.45, 7) is 12.6. The van der Waals surface area contributed by atoms with Gasteiger partial charge in [-0.1, -0.05) is 32.1 Å². The van der Waals surface area contributed by atoms with Crippen molar-refractivity contribution in [3.63, 3.8) is 0 Å². The number of Topliss-reactive ketones (excluding diaryl/α,β-unsaturated/α-hetero) is 1. The Morgan fingerprint density at radius 2 is 1.86 bits per heavy atom. The van der Waals surface area contributed by atoms with Crippen molar-refractivity contribution in [2.45, 2.75) is 59.2 Å². The molecule has 0 spiro atoms. The molecule has 230 valence electrons. The molecule has 0 bridgehead atoms. The van der Waals surface area contributed by atoms with E-state index in [9.17, 15) is 22.8 Å². The number of ether oxygens (including phenoxy) is 1. The second-order valence-corrected chi connectivity index (χ2v) is 10.1. The number of hydrogen-bond donors (Lipinski definition) is 2. The van der Waals surface area contributed by atoms with Gasteiger partial charge in [-0.2, -0.15) is 18.2 Å². The van der Waals surface area contributed by atoms with Gasteiger partial charge >= 0.3 is 6.18 Å². The number of ketones is 1. The summed E-state index contributed by atoms with van der Waals surface area (Å²) < 4.78 is 47.1. The Bertz CT molecular complexity index is 1450. The molecular formula is C32H38F3N5O3. The molecule has 1 amide bonds. The summed E-state index contributed by atoms with van der Waals surface area (Å²) in [5.74, 6) is -1.50. The van der Waals surface area contributed by atoms with E-state index in [0.717, 1.165) is 25.9 Å². The molecule has 11 heteroatoms. The number of hydrogen-bond acceptors (Lipinski definition) is 7. The first-order valence-electron chi connectivity index (χ1n) is 14.2. The van der Waals surface area contributed by atoms with Crippen LogP contribution >= 0.6 is 0 Å². The van der Waals surface area contributed by atoms with Gasteiger partial charge in [0.25, 0.3) is 5.91 Å². The predicted molar refractivity (Wildman–Crippen MR) is 161 cm³/mol. The zero-order valence-electron chi connectivity index (χ0n) is 25.1. The van der Waals surface area contributed by atoms with Crippen LogP contribution in [0.15, 0.2) is 55.3 Å². The third-order valence-corrected chi connectivity index (χ3v) is 6.88. The first kappa shape index (κ1) is 33.3. The van der Waals surface area contributed by atoms with Crippen LogP contribution in [0.3, 0.4) is 0 Å². The molecule has 43 heavy (non-hydrogen) atoms. The normalized spacial score (nSPS) is 13.9. The number of alkyl halides is 3. The van der Waals surface area contributed by atoms with Gasteiger partial charge in [-0.25, -0.2) is 4.98 Å². The number of rotatable bonds is 9. The Labute approximate surface area is 250 Å². The number of carbonyl (C=O) groups excluding carboxylic acids is 2. The molecule has 1 aromatic heterocycles. The lowest BCUT2D eigenvalue weighted by Crippen LogP contribution is -2.43. The molecule has 0 aliphatic carbocycles. The summed E-state index contributed by atoms with van der Waals surface area (Å²) in [5.41, 5.74) is 1.18. The lowest BCUT2D eigenvalue weighted by atomic mass is 10.0. The number of aromatic nitrogens is 2. The lowest BCUT2D eigenvalue weighted by molar-refractivity contribution is -0.139. The molecule has 2 aromatic carbocycles. The van der Waals surface area contributed by atoms with E-state index in [1.54, 1.807) is 43.3 Å². The van der Waals surface area contributed by atoms with Crippen LogP contribution in [0.5, 0.6) is 11.6 Å². The van der Waals surface area contributed by atoms with Crippen LogP contribution in [0.2, 0.25) is 0 Å². The van der Waals surface area contributed by atoms with Gasteiger partial charge in [-0.15, -0.1) is 6.58 Å². The van der Waals surface area contributed by atoms with Crippen LogP contribution < -0.4 is 15.4 Å². The SMILES string of the molecule is C=CCc1cccc(Oc2nc(Nc3ccc(C(=O)NC4CCN(C)CC4)cc3C)ncc2C(F)(F)F)c1C(C)=O.CC. The average Bonchev–Trinajstić information content (AvgIpc) is 2.96. The minimum atomic E-state index is -4.80. The first-order chi connectivity index (χ1) is 20.5. The van der Waals surface area contributed by atoms with Crippen molar-refractivity contribution >= 4 is 23.3 Å². The number of aryl methyl sites for hydroxylation is 1. The number of carbonyl (C=O) groups is 2. The van der Waals surface area contributed by atoms with Crippen molar-refractivity contribution < 1.29 is 27.5 Å². The minimum Gasteiger partial charge on any atom is -0.437 e. The molecule has 4 rings (SSSR count). The summed E-state index contributed by atoms with van der Waals surface area (Å²) in [5, 5.41) is 5.98. The Morgan fingerprint density at radius 3 is 2.47 bits per heavy atom. The number of benzene rings is 2. The molecule has 1 aliphatic heterocycles. The highest BCUT2D eigenvalue weighted by molar-refractivity contribution is 5.98. The monoisotopic (exact) mass is 597 g/mol. The number of nitrogens with one attached hydrogen (secondary N) is 2. The highest BCUT2D eigenvalue weighted by Gasteiger charge is 2.37. The fraction of sp³-hybridized carbons (Fsp3) is 0.375. The van der Waals surface area contributed by atoms with Crippen LogP contribution in [0, 0.1) is 6.92 Å². The molecule has 0 radical (unpaired) electrons. The van der Waals surface area contributed by atoms with Crippen molar-refractivity contribution in [2.24, 2.45) is 0 Å². The topological polar surface area (TPSA) is 96.4 Å². The molecule has 0 saturated carbocycles. The van der Waals surface area contributed by atoms with Crippen LogP contribution in [0.4, 0.5) is 24.8 Å². The third-order valence-electron chi connectivity index (χ3n) is 6.88. The van der Waals surface area contributed by atoms with Gasteiger partial charge in [0.15, 0.2) is 5.78 Å². The molecular weight excluding hydrogens is 559 g/mol. The maximum absolute atomic E-state index is 13.8. The Morgan fingerprint density at radius 1 is 1.16 bits per heavy atom. The van der Waals surface area contributed by atoms with Gasteiger partial charge in [0, 0.05) is 23.5 Å². The van der Waals surface area contributed by atoms with Gasteiger partial charge in [-0.3, -0.25) is 9.59 Å². The Balaban J connectivity index is 0.00000248. The number of likely N-dealkylation sites (tertiary alicyclic amines) is 1. The summed E-state index contributed by atoms with van der Waals surface area (Å²) in [7, 11) is 2.05. The van der Waals surface area contributed by atoms with Crippen molar-refractivity contribution in [2.75, 3.05) is 25.5 Å². The minimum absolute atomic E-state index is 0.0526. The van der Waals surface area contributed by atoms with Crippen LogP contribution in [0.1, 0.15) is 71.0 Å². The smallest absolute Gasteiger partial charge is 0.423 e. The van der Waals surface area contributed by atoms with Gasteiger partial charge < -0.3 is 20.3 Å². The quantitative estimate of drug-likeness (QED) is 0.200. The lowest BCUT2D eigenvalue weighted by Gasteiger charge is -2.29. The fourth-order valence-electron chi connectivity index (χ4n) is 4.68. The maximum Gasteiger partial charge on any atom is 0.423 e. The predicted octanol–water partition coefficient (Wildman–Crippen LogP) is 7.12. The van der Waals surface area contributed by atoms with E-state index in [4.69, 9.17) is 4.74 Å². The highest BCUT2D eigenvalue weighted by atomic mass is 19.4. The summed E-state index contributed by atoms with van der Waals surface area (Å²) >= 11 is 0.